The summed E-state index contributed by atoms with van der Waals surface area (Å²) in [5.41, 5.74) is 4.14. The molecule has 0 saturated carbocycles. The molecule has 2 rings (SSSR count). The Morgan fingerprint density at radius 2 is 1.88 bits per heavy atom. The molecule has 0 atom stereocenters. The van der Waals surface area contributed by atoms with Gasteiger partial charge in [-0.3, -0.25) is 0 Å². The van der Waals surface area contributed by atoms with E-state index in [-0.39, 0.29) is 0 Å². The average Bonchev–Trinajstić information content (AvgIpc) is 2.30. The summed E-state index contributed by atoms with van der Waals surface area (Å²) in [6.45, 7) is 8.33. The molecule has 1 aromatic carbocycles. The van der Waals surface area contributed by atoms with Gasteiger partial charge in [0.05, 0.1) is 7.11 Å². The van der Waals surface area contributed by atoms with Crippen LogP contribution in [0.1, 0.15) is 30.5 Å². The Labute approximate surface area is 99.2 Å². The molecule has 2 heteroatoms. The second-order valence-electron chi connectivity index (χ2n) is 4.08. The van der Waals surface area contributed by atoms with Gasteiger partial charge in [-0.15, -0.1) is 0 Å². The van der Waals surface area contributed by atoms with Crippen molar-refractivity contribution < 1.29 is 4.74 Å². The summed E-state index contributed by atoms with van der Waals surface area (Å²) in [5.74, 6) is 1.02. The molecule has 0 bridgehead atoms. The Morgan fingerprint density at radius 1 is 1.19 bits per heavy atom. The average molecular weight is 221 g/mol. The Kier molecular flexibility index (Phi) is 4.81. The van der Waals surface area contributed by atoms with Crippen LogP contribution in [0.2, 0.25) is 0 Å². The molecule has 0 radical (unpaired) electrons. The predicted octanol–water partition coefficient (Wildman–Crippen LogP) is 3.02. The fraction of sp³-hybridized carbons (Fsp3) is 0.571. The first kappa shape index (κ1) is 13.0. The zero-order valence-corrected chi connectivity index (χ0v) is 11.1. The number of aryl methyl sites for hydroxylation is 1. The van der Waals surface area contributed by atoms with Gasteiger partial charge >= 0.3 is 0 Å². The Hall–Kier alpha value is -1.02. The smallest absolute Gasteiger partial charge is 0.122 e. The number of nitrogens with zero attached hydrogens (tertiary/aromatic N) is 1. The third-order valence-corrected chi connectivity index (χ3v) is 2.92. The number of ether oxygens (including phenoxy) is 1. The second-order valence-corrected chi connectivity index (χ2v) is 4.08. The fourth-order valence-electron chi connectivity index (χ4n) is 2.07. The molecule has 0 spiro atoms. The van der Waals surface area contributed by atoms with Gasteiger partial charge in [-0.05, 0) is 43.1 Å². The van der Waals surface area contributed by atoms with Crippen LogP contribution in [0.15, 0.2) is 12.1 Å². The maximum absolute atomic E-state index is 5.32. The quantitative estimate of drug-likeness (QED) is 0.723. The van der Waals surface area contributed by atoms with Gasteiger partial charge in [0.25, 0.3) is 0 Å². The van der Waals surface area contributed by atoms with Crippen molar-refractivity contribution in [2.75, 3.05) is 20.7 Å². The maximum Gasteiger partial charge on any atom is 0.122 e. The number of fused-ring (bicyclic) bond motifs is 1. The molecular weight excluding hydrogens is 198 g/mol. The lowest BCUT2D eigenvalue weighted by atomic mass is 9.97. The minimum Gasteiger partial charge on any atom is -0.496 e. The summed E-state index contributed by atoms with van der Waals surface area (Å²) < 4.78 is 5.32. The molecule has 0 saturated heterocycles. The van der Waals surface area contributed by atoms with Gasteiger partial charge in [-0.2, -0.15) is 0 Å². The molecule has 90 valence electrons. The molecule has 16 heavy (non-hydrogen) atoms. The monoisotopic (exact) mass is 221 g/mol. The van der Waals surface area contributed by atoms with Gasteiger partial charge in [0.2, 0.25) is 0 Å². The van der Waals surface area contributed by atoms with E-state index in [9.17, 15) is 0 Å². The highest BCUT2D eigenvalue weighted by Gasteiger charge is 2.14. The van der Waals surface area contributed by atoms with Crippen molar-refractivity contribution in [3.05, 3.63) is 28.8 Å². The highest BCUT2D eigenvalue weighted by Crippen LogP contribution is 2.26. The van der Waals surface area contributed by atoms with Crippen LogP contribution in [0.3, 0.4) is 0 Å². The molecule has 0 fully saturated rings. The zero-order chi connectivity index (χ0) is 12.1. The Bertz CT molecular complexity index is 347. The van der Waals surface area contributed by atoms with Gasteiger partial charge in [-0.25, -0.2) is 0 Å². The van der Waals surface area contributed by atoms with E-state index in [1.165, 1.54) is 16.7 Å². The number of hydrogen-bond donors (Lipinski definition) is 0. The van der Waals surface area contributed by atoms with Crippen molar-refractivity contribution in [1.82, 2.24) is 4.90 Å². The fourth-order valence-corrected chi connectivity index (χ4v) is 2.07. The van der Waals surface area contributed by atoms with Crippen LogP contribution in [0.4, 0.5) is 0 Å². The van der Waals surface area contributed by atoms with E-state index >= 15 is 0 Å². The van der Waals surface area contributed by atoms with Crippen molar-refractivity contribution in [2.45, 2.75) is 33.7 Å². The van der Waals surface area contributed by atoms with Gasteiger partial charge in [0.15, 0.2) is 0 Å². The lowest BCUT2D eigenvalue weighted by molar-refractivity contribution is 0.311. The molecule has 0 N–H and O–H groups in total. The molecule has 0 amide bonds. The highest BCUT2D eigenvalue weighted by molar-refractivity contribution is 5.43. The first-order chi connectivity index (χ1) is 7.70. The minimum atomic E-state index is 1.02. The third kappa shape index (κ3) is 2.76. The third-order valence-electron chi connectivity index (χ3n) is 2.92. The number of likely N-dealkylation sites (N-methyl/N-ethyl adjacent to an activating group) is 1. The van der Waals surface area contributed by atoms with Crippen LogP contribution in [0, 0.1) is 6.92 Å². The zero-order valence-electron chi connectivity index (χ0n) is 11.1. The molecule has 1 heterocycles. The first-order valence-electron chi connectivity index (χ1n) is 6.05. The van der Waals surface area contributed by atoms with Crippen molar-refractivity contribution in [3.8, 4) is 5.75 Å². The van der Waals surface area contributed by atoms with Crippen molar-refractivity contribution in [1.29, 1.82) is 0 Å². The summed E-state index contributed by atoms with van der Waals surface area (Å²) in [4.78, 5) is 2.36. The van der Waals surface area contributed by atoms with Crippen molar-refractivity contribution >= 4 is 0 Å². The second kappa shape index (κ2) is 5.90. The van der Waals surface area contributed by atoms with E-state index in [1.54, 1.807) is 7.11 Å². The molecule has 1 aliphatic heterocycles. The van der Waals surface area contributed by atoms with Crippen molar-refractivity contribution in [3.63, 3.8) is 0 Å². The number of benzene rings is 1. The normalized spacial score (nSPS) is 14.8. The molecular formula is C14H23NO. The topological polar surface area (TPSA) is 12.5 Å². The maximum atomic E-state index is 5.32. The lowest BCUT2D eigenvalue weighted by Gasteiger charge is -2.25. The molecule has 0 unspecified atom stereocenters. The van der Waals surface area contributed by atoms with Crippen LogP contribution in [-0.4, -0.2) is 25.6 Å². The van der Waals surface area contributed by atoms with Gasteiger partial charge in [0.1, 0.15) is 5.75 Å². The van der Waals surface area contributed by atoms with E-state index in [2.05, 4.69) is 31.0 Å². The Balaban J connectivity index is 0.000000606. The van der Waals surface area contributed by atoms with E-state index in [4.69, 9.17) is 4.74 Å². The summed E-state index contributed by atoms with van der Waals surface area (Å²) in [5, 5.41) is 0. The molecule has 1 aromatic rings. The SMILES string of the molecule is CC.COc1cc2c(cc1C)CN(C)CC2. The van der Waals surface area contributed by atoms with E-state index in [0.29, 0.717) is 0 Å². The summed E-state index contributed by atoms with van der Waals surface area (Å²) in [7, 11) is 3.91. The van der Waals surface area contributed by atoms with E-state index in [1.807, 2.05) is 13.8 Å². The summed E-state index contributed by atoms with van der Waals surface area (Å²) >= 11 is 0. The number of hydrogen-bond acceptors (Lipinski definition) is 2. The van der Waals surface area contributed by atoms with Crippen LogP contribution >= 0.6 is 0 Å². The lowest BCUT2D eigenvalue weighted by Crippen LogP contribution is -2.26. The highest BCUT2D eigenvalue weighted by atomic mass is 16.5. The summed E-state index contributed by atoms with van der Waals surface area (Å²) in [6, 6.07) is 4.45. The summed E-state index contributed by atoms with van der Waals surface area (Å²) in [6.07, 6.45) is 1.14. The predicted molar refractivity (Wildman–Crippen MR) is 69.1 cm³/mol. The van der Waals surface area contributed by atoms with Crippen molar-refractivity contribution in [2.24, 2.45) is 0 Å². The van der Waals surface area contributed by atoms with Crippen LogP contribution in [-0.2, 0) is 13.0 Å². The van der Waals surface area contributed by atoms with Gasteiger partial charge < -0.3 is 9.64 Å². The van der Waals surface area contributed by atoms with E-state index < -0.39 is 0 Å². The Morgan fingerprint density at radius 3 is 2.50 bits per heavy atom. The van der Waals surface area contributed by atoms with Crippen LogP contribution in [0.25, 0.3) is 0 Å². The molecule has 1 aliphatic rings. The molecule has 2 nitrogen and oxygen atoms in total. The standard InChI is InChI=1S/C12H17NO.C2H6/c1-9-6-11-8-13(2)5-4-10(11)7-12(9)14-3;1-2/h6-7H,4-5,8H2,1-3H3;1-2H3. The van der Waals surface area contributed by atoms with Gasteiger partial charge in [0, 0.05) is 13.1 Å². The van der Waals surface area contributed by atoms with Crippen LogP contribution in [0.5, 0.6) is 5.75 Å². The molecule has 0 aromatic heterocycles. The number of methoxy groups -OCH3 is 1. The van der Waals surface area contributed by atoms with E-state index in [0.717, 1.165) is 25.3 Å². The van der Waals surface area contributed by atoms with Gasteiger partial charge in [-0.1, -0.05) is 19.9 Å². The van der Waals surface area contributed by atoms with Crippen LogP contribution < -0.4 is 4.74 Å². The molecule has 0 aliphatic carbocycles. The first-order valence-corrected chi connectivity index (χ1v) is 6.05. The minimum absolute atomic E-state index is 1.02. The number of rotatable bonds is 1. The largest absolute Gasteiger partial charge is 0.496 e.